The molecular formula is C11H10ClNO3. The average molecular weight is 240 g/mol. The Morgan fingerprint density at radius 1 is 1.44 bits per heavy atom. The molecule has 2 N–H and O–H groups in total. The van der Waals surface area contributed by atoms with Gasteiger partial charge in [-0.05, 0) is 23.6 Å². The summed E-state index contributed by atoms with van der Waals surface area (Å²) in [5.74, 6) is 0.438. The number of ketones is 1. The molecule has 16 heavy (non-hydrogen) atoms. The number of carbonyl (C=O) groups is 2. The van der Waals surface area contributed by atoms with Crippen LogP contribution in [-0.2, 0) is 4.79 Å². The molecule has 0 radical (unpaired) electrons. The van der Waals surface area contributed by atoms with Crippen molar-refractivity contribution in [2.75, 3.05) is 5.32 Å². The van der Waals surface area contributed by atoms with Crippen molar-refractivity contribution in [1.29, 1.82) is 0 Å². The highest BCUT2D eigenvalue weighted by Crippen LogP contribution is 2.38. The summed E-state index contributed by atoms with van der Waals surface area (Å²) in [4.78, 5) is 21.3. The standard InChI is InChI=1S/C11H10ClNO3/c12-10-5-7(13-11(15)16)1-2-9(10)6-3-8(14)4-6/h1-2,5-6,13H,3-4H2,(H,15,16). The fraction of sp³-hybridized carbons (Fsp3) is 0.273. The van der Waals surface area contributed by atoms with Crippen LogP contribution in [0.2, 0.25) is 5.02 Å². The fourth-order valence-corrected chi connectivity index (χ4v) is 2.10. The van der Waals surface area contributed by atoms with Gasteiger partial charge in [0, 0.05) is 23.6 Å². The van der Waals surface area contributed by atoms with Crippen LogP contribution in [0.5, 0.6) is 0 Å². The molecule has 5 heteroatoms. The van der Waals surface area contributed by atoms with Gasteiger partial charge in [0.15, 0.2) is 0 Å². The van der Waals surface area contributed by atoms with Crippen LogP contribution in [0.3, 0.4) is 0 Å². The highest BCUT2D eigenvalue weighted by molar-refractivity contribution is 6.31. The van der Waals surface area contributed by atoms with Crippen LogP contribution in [0.25, 0.3) is 0 Å². The lowest BCUT2D eigenvalue weighted by atomic mass is 9.79. The minimum atomic E-state index is -1.12. The third kappa shape index (κ3) is 2.17. The summed E-state index contributed by atoms with van der Waals surface area (Å²) >= 11 is 6.02. The molecule has 1 aromatic carbocycles. The van der Waals surface area contributed by atoms with Gasteiger partial charge in [-0.15, -0.1) is 0 Å². The second kappa shape index (κ2) is 4.14. The lowest BCUT2D eigenvalue weighted by molar-refractivity contribution is -0.124. The molecule has 1 saturated carbocycles. The van der Waals surface area contributed by atoms with Crippen molar-refractivity contribution in [3.05, 3.63) is 28.8 Å². The molecule has 0 bridgehead atoms. The highest BCUT2D eigenvalue weighted by atomic mass is 35.5. The zero-order chi connectivity index (χ0) is 11.7. The van der Waals surface area contributed by atoms with Crippen molar-refractivity contribution in [2.45, 2.75) is 18.8 Å². The third-order valence-corrected chi connectivity index (χ3v) is 2.97. The molecule has 0 aromatic heterocycles. The summed E-state index contributed by atoms with van der Waals surface area (Å²) in [5.41, 5.74) is 1.35. The SMILES string of the molecule is O=C1CC(c2ccc(NC(=O)O)cc2Cl)C1. The summed E-state index contributed by atoms with van der Waals surface area (Å²) in [5, 5.41) is 11.3. The molecule has 1 aromatic rings. The van der Waals surface area contributed by atoms with E-state index in [9.17, 15) is 9.59 Å². The molecule has 0 aliphatic heterocycles. The van der Waals surface area contributed by atoms with Crippen molar-refractivity contribution in [1.82, 2.24) is 0 Å². The number of rotatable bonds is 2. The second-order valence-electron chi connectivity index (χ2n) is 3.81. The minimum absolute atomic E-state index is 0.193. The van der Waals surface area contributed by atoms with E-state index in [1.807, 2.05) is 0 Å². The number of anilines is 1. The molecule has 4 nitrogen and oxygen atoms in total. The Balaban J connectivity index is 2.16. The smallest absolute Gasteiger partial charge is 0.409 e. The lowest BCUT2D eigenvalue weighted by Gasteiger charge is -2.25. The topological polar surface area (TPSA) is 66.4 Å². The van der Waals surface area contributed by atoms with Crippen LogP contribution in [0, 0.1) is 0 Å². The van der Waals surface area contributed by atoms with Gasteiger partial charge in [-0.25, -0.2) is 4.79 Å². The van der Waals surface area contributed by atoms with Gasteiger partial charge in [0.25, 0.3) is 0 Å². The maximum absolute atomic E-state index is 10.9. The average Bonchev–Trinajstić information content (AvgIpc) is 2.13. The summed E-state index contributed by atoms with van der Waals surface area (Å²) in [6.45, 7) is 0. The maximum Gasteiger partial charge on any atom is 0.409 e. The number of carboxylic acid groups (broad SMARTS) is 1. The molecular weight excluding hydrogens is 230 g/mol. The van der Waals surface area contributed by atoms with E-state index in [1.165, 1.54) is 0 Å². The fourth-order valence-electron chi connectivity index (χ4n) is 1.77. The number of hydrogen-bond acceptors (Lipinski definition) is 2. The number of Topliss-reactive ketones (excluding diaryl/α,β-unsaturated/α-hetero) is 1. The van der Waals surface area contributed by atoms with Gasteiger partial charge in [0.2, 0.25) is 0 Å². The monoisotopic (exact) mass is 239 g/mol. The number of carbonyl (C=O) groups excluding carboxylic acids is 1. The Bertz CT molecular complexity index is 451. The zero-order valence-electron chi connectivity index (χ0n) is 8.37. The van der Waals surface area contributed by atoms with Crippen LogP contribution >= 0.6 is 11.6 Å². The molecule has 0 spiro atoms. The largest absolute Gasteiger partial charge is 0.465 e. The molecule has 0 heterocycles. The molecule has 0 unspecified atom stereocenters. The van der Waals surface area contributed by atoms with E-state index in [1.54, 1.807) is 18.2 Å². The quantitative estimate of drug-likeness (QED) is 0.834. The minimum Gasteiger partial charge on any atom is -0.465 e. The van der Waals surface area contributed by atoms with Crippen LogP contribution in [0.1, 0.15) is 24.3 Å². The summed E-state index contributed by atoms with van der Waals surface area (Å²) in [6.07, 6.45) is -0.0562. The summed E-state index contributed by atoms with van der Waals surface area (Å²) in [6, 6.07) is 4.98. The Morgan fingerprint density at radius 3 is 2.62 bits per heavy atom. The van der Waals surface area contributed by atoms with Gasteiger partial charge >= 0.3 is 6.09 Å². The van der Waals surface area contributed by atoms with Gasteiger partial charge in [0.05, 0.1) is 0 Å². The van der Waals surface area contributed by atoms with Crippen molar-refractivity contribution < 1.29 is 14.7 Å². The Kier molecular flexibility index (Phi) is 2.83. The first-order valence-corrected chi connectivity index (χ1v) is 5.25. The molecule has 0 atom stereocenters. The van der Waals surface area contributed by atoms with E-state index in [2.05, 4.69) is 5.32 Å². The molecule has 84 valence electrons. The van der Waals surface area contributed by atoms with Gasteiger partial charge in [-0.3, -0.25) is 10.1 Å². The van der Waals surface area contributed by atoms with Gasteiger partial charge in [0.1, 0.15) is 5.78 Å². The van der Waals surface area contributed by atoms with E-state index >= 15 is 0 Å². The Labute approximate surface area is 97.2 Å². The van der Waals surface area contributed by atoms with Crippen LogP contribution < -0.4 is 5.32 Å². The van der Waals surface area contributed by atoms with Gasteiger partial charge in [-0.2, -0.15) is 0 Å². The lowest BCUT2D eigenvalue weighted by Crippen LogP contribution is -2.21. The Morgan fingerprint density at radius 2 is 2.12 bits per heavy atom. The molecule has 1 amide bonds. The summed E-state index contributed by atoms with van der Waals surface area (Å²) in [7, 11) is 0. The van der Waals surface area contributed by atoms with Crippen molar-refractivity contribution in [3.8, 4) is 0 Å². The normalized spacial score (nSPS) is 15.7. The van der Waals surface area contributed by atoms with Crippen LogP contribution in [0.15, 0.2) is 18.2 Å². The summed E-state index contributed by atoms with van der Waals surface area (Å²) < 4.78 is 0. The second-order valence-corrected chi connectivity index (χ2v) is 4.22. The van der Waals surface area contributed by atoms with Crippen molar-refractivity contribution in [2.24, 2.45) is 0 Å². The molecule has 0 saturated heterocycles. The van der Waals surface area contributed by atoms with E-state index in [0.717, 1.165) is 5.56 Å². The van der Waals surface area contributed by atoms with Gasteiger partial charge < -0.3 is 5.11 Å². The molecule has 2 rings (SSSR count). The maximum atomic E-state index is 10.9. The predicted octanol–water partition coefficient (Wildman–Crippen LogP) is 2.88. The number of nitrogens with one attached hydrogen (secondary N) is 1. The number of amides is 1. The zero-order valence-corrected chi connectivity index (χ0v) is 9.12. The molecule has 1 aliphatic rings. The number of benzene rings is 1. The van der Waals surface area contributed by atoms with E-state index in [4.69, 9.17) is 16.7 Å². The molecule has 1 fully saturated rings. The number of halogens is 1. The predicted molar refractivity (Wildman–Crippen MR) is 60.1 cm³/mol. The van der Waals surface area contributed by atoms with Crippen molar-refractivity contribution >= 4 is 29.2 Å². The first-order chi connectivity index (χ1) is 7.56. The first-order valence-electron chi connectivity index (χ1n) is 4.87. The highest BCUT2D eigenvalue weighted by Gasteiger charge is 2.29. The number of hydrogen-bond donors (Lipinski definition) is 2. The van der Waals surface area contributed by atoms with Crippen LogP contribution in [-0.4, -0.2) is 17.0 Å². The third-order valence-electron chi connectivity index (χ3n) is 2.64. The Hall–Kier alpha value is -1.55. The molecule has 1 aliphatic carbocycles. The van der Waals surface area contributed by atoms with E-state index in [-0.39, 0.29) is 11.7 Å². The van der Waals surface area contributed by atoms with Gasteiger partial charge in [-0.1, -0.05) is 17.7 Å². The van der Waals surface area contributed by atoms with Crippen LogP contribution in [0.4, 0.5) is 10.5 Å². The van der Waals surface area contributed by atoms with Crippen molar-refractivity contribution in [3.63, 3.8) is 0 Å². The van der Waals surface area contributed by atoms with E-state index in [0.29, 0.717) is 23.6 Å². The van der Waals surface area contributed by atoms with E-state index < -0.39 is 6.09 Å². The first kappa shape index (κ1) is 11.0.